The minimum absolute atomic E-state index is 0.0327. The van der Waals surface area contributed by atoms with Crippen molar-refractivity contribution in [3.05, 3.63) is 95.0 Å². The largest absolute Gasteiger partial charge is 0.494 e. The summed E-state index contributed by atoms with van der Waals surface area (Å²) in [4.78, 5) is 14.9. The lowest BCUT2D eigenvalue weighted by Gasteiger charge is -2.23. The first-order valence-corrected chi connectivity index (χ1v) is 9.35. The third-order valence-corrected chi connectivity index (χ3v) is 4.46. The molecule has 0 fully saturated rings. The average Bonchev–Trinajstić information content (AvgIpc) is 2.70. The molecular weight excluding hydrogens is 358 g/mol. The van der Waals surface area contributed by atoms with Crippen molar-refractivity contribution in [2.45, 2.75) is 19.9 Å². The first-order chi connectivity index (χ1) is 13.2. The molecule has 0 radical (unpaired) electrons. The van der Waals surface area contributed by atoms with Crippen molar-refractivity contribution in [3.8, 4) is 5.75 Å². The van der Waals surface area contributed by atoms with Crippen LogP contribution in [0, 0.1) is 0 Å². The molecule has 3 aromatic carbocycles. The van der Waals surface area contributed by atoms with Gasteiger partial charge in [-0.25, -0.2) is 0 Å². The molecule has 1 amide bonds. The van der Waals surface area contributed by atoms with Gasteiger partial charge >= 0.3 is 0 Å². The van der Waals surface area contributed by atoms with Crippen molar-refractivity contribution < 1.29 is 9.53 Å². The van der Waals surface area contributed by atoms with E-state index >= 15 is 0 Å². The molecule has 0 aliphatic rings. The Bertz CT molecular complexity index is 861. The van der Waals surface area contributed by atoms with Crippen molar-refractivity contribution >= 4 is 23.2 Å². The standard InChI is InChI=1S/C23H22ClNO2/c1-2-27-22-14-12-21(13-15-22)25(17-19-6-4-3-5-7-19)23(26)16-18-8-10-20(24)11-9-18/h3-15H,2,16-17H2,1H3. The fourth-order valence-corrected chi connectivity index (χ4v) is 2.98. The van der Waals surface area contributed by atoms with Gasteiger partial charge in [0.1, 0.15) is 5.75 Å². The smallest absolute Gasteiger partial charge is 0.231 e. The van der Waals surface area contributed by atoms with E-state index in [0.29, 0.717) is 24.6 Å². The Morgan fingerprint density at radius 2 is 1.56 bits per heavy atom. The molecule has 0 aromatic heterocycles. The molecular formula is C23H22ClNO2. The number of carbonyl (C=O) groups excluding carboxylic acids is 1. The lowest BCUT2D eigenvalue weighted by molar-refractivity contribution is -0.118. The van der Waals surface area contributed by atoms with E-state index < -0.39 is 0 Å². The zero-order chi connectivity index (χ0) is 19.1. The van der Waals surface area contributed by atoms with Gasteiger partial charge in [-0.3, -0.25) is 4.79 Å². The number of nitrogens with zero attached hydrogens (tertiary/aromatic N) is 1. The topological polar surface area (TPSA) is 29.5 Å². The Morgan fingerprint density at radius 3 is 2.19 bits per heavy atom. The zero-order valence-corrected chi connectivity index (χ0v) is 16.0. The van der Waals surface area contributed by atoms with Crippen LogP contribution in [0.3, 0.4) is 0 Å². The minimum Gasteiger partial charge on any atom is -0.494 e. The highest BCUT2D eigenvalue weighted by atomic mass is 35.5. The summed E-state index contributed by atoms with van der Waals surface area (Å²) in [5.41, 5.74) is 2.87. The van der Waals surface area contributed by atoms with Gasteiger partial charge in [-0.15, -0.1) is 0 Å². The normalized spacial score (nSPS) is 10.4. The van der Waals surface area contributed by atoms with Gasteiger partial charge in [0.15, 0.2) is 0 Å². The van der Waals surface area contributed by atoms with Crippen LogP contribution in [-0.4, -0.2) is 12.5 Å². The molecule has 0 aliphatic carbocycles. The summed E-state index contributed by atoms with van der Waals surface area (Å²) < 4.78 is 5.51. The Morgan fingerprint density at radius 1 is 0.889 bits per heavy atom. The van der Waals surface area contributed by atoms with Gasteiger partial charge in [-0.05, 0) is 54.4 Å². The molecule has 3 aromatic rings. The minimum atomic E-state index is 0.0327. The number of benzene rings is 3. The van der Waals surface area contributed by atoms with Crippen molar-refractivity contribution in [1.29, 1.82) is 0 Å². The Balaban J connectivity index is 1.84. The Labute approximate surface area is 165 Å². The Hall–Kier alpha value is -2.78. The van der Waals surface area contributed by atoms with Crippen molar-refractivity contribution in [3.63, 3.8) is 0 Å². The first kappa shape index (κ1) is 19.0. The van der Waals surface area contributed by atoms with Crippen LogP contribution in [0.4, 0.5) is 5.69 Å². The molecule has 0 spiro atoms. The van der Waals surface area contributed by atoms with E-state index in [1.165, 1.54) is 0 Å². The van der Waals surface area contributed by atoms with E-state index in [1.54, 1.807) is 4.90 Å². The highest BCUT2D eigenvalue weighted by molar-refractivity contribution is 6.30. The van der Waals surface area contributed by atoms with Gasteiger partial charge in [0.25, 0.3) is 0 Å². The van der Waals surface area contributed by atoms with E-state index in [-0.39, 0.29) is 5.91 Å². The molecule has 0 atom stereocenters. The molecule has 0 bridgehead atoms. The van der Waals surface area contributed by atoms with Crippen LogP contribution in [0.1, 0.15) is 18.1 Å². The maximum Gasteiger partial charge on any atom is 0.231 e. The number of rotatable bonds is 7. The number of halogens is 1. The zero-order valence-electron chi connectivity index (χ0n) is 15.3. The summed E-state index contributed by atoms with van der Waals surface area (Å²) in [6.45, 7) is 3.08. The summed E-state index contributed by atoms with van der Waals surface area (Å²) in [6, 6.07) is 25.0. The molecule has 27 heavy (non-hydrogen) atoms. The summed E-state index contributed by atoms with van der Waals surface area (Å²) in [5, 5.41) is 0.666. The lowest BCUT2D eigenvalue weighted by Crippen LogP contribution is -2.31. The second-order valence-corrected chi connectivity index (χ2v) is 6.63. The van der Waals surface area contributed by atoms with Gasteiger partial charge in [0, 0.05) is 10.7 Å². The average molecular weight is 380 g/mol. The van der Waals surface area contributed by atoms with Crippen molar-refractivity contribution in [2.75, 3.05) is 11.5 Å². The van der Waals surface area contributed by atoms with E-state index in [1.807, 2.05) is 85.8 Å². The predicted molar refractivity (Wildman–Crippen MR) is 110 cm³/mol. The highest BCUT2D eigenvalue weighted by Crippen LogP contribution is 2.23. The van der Waals surface area contributed by atoms with E-state index in [4.69, 9.17) is 16.3 Å². The predicted octanol–water partition coefficient (Wildman–Crippen LogP) is 5.51. The quantitative estimate of drug-likeness (QED) is 0.541. The number of ether oxygens (including phenoxy) is 1. The summed E-state index contributed by atoms with van der Waals surface area (Å²) in [7, 11) is 0. The molecule has 0 unspecified atom stereocenters. The van der Waals surface area contributed by atoms with Crippen LogP contribution >= 0.6 is 11.6 Å². The molecule has 0 heterocycles. The van der Waals surface area contributed by atoms with Crippen LogP contribution in [0.15, 0.2) is 78.9 Å². The fourth-order valence-electron chi connectivity index (χ4n) is 2.85. The van der Waals surface area contributed by atoms with Gasteiger partial charge < -0.3 is 9.64 Å². The summed E-state index contributed by atoms with van der Waals surface area (Å²) in [5.74, 6) is 0.830. The number of amides is 1. The number of hydrogen-bond donors (Lipinski definition) is 0. The number of hydrogen-bond acceptors (Lipinski definition) is 2. The highest BCUT2D eigenvalue weighted by Gasteiger charge is 2.17. The van der Waals surface area contributed by atoms with Crippen LogP contribution in [0.5, 0.6) is 5.75 Å². The second kappa shape index (κ2) is 9.24. The van der Waals surface area contributed by atoms with Crippen LogP contribution in [0.2, 0.25) is 5.02 Å². The molecule has 138 valence electrons. The van der Waals surface area contributed by atoms with Crippen molar-refractivity contribution in [1.82, 2.24) is 0 Å². The van der Waals surface area contributed by atoms with Crippen LogP contribution < -0.4 is 9.64 Å². The van der Waals surface area contributed by atoms with Crippen LogP contribution in [-0.2, 0) is 17.8 Å². The Kier molecular flexibility index (Phi) is 6.50. The molecule has 0 saturated heterocycles. The van der Waals surface area contributed by atoms with Crippen LogP contribution in [0.25, 0.3) is 0 Å². The van der Waals surface area contributed by atoms with Gasteiger partial charge in [0.2, 0.25) is 5.91 Å². The van der Waals surface area contributed by atoms with E-state index in [2.05, 4.69) is 0 Å². The summed E-state index contributed by atoms with van der Waals surface area (Å²) in [6.07, 6.45) is 0.317. The monoisotopic (exact) mass is 379 g/mol. The molecule has 0 aliphatic heterocycles. The lowest BCUT2D eigenvalue weighted by atomic mass is 10.1. The molecule has 3 nitrogen and oxygen atoms in total. The third-order valence-electron chi connectivity index (χ3n) is 4.21. The van der Waals surface area contributed by atoms with Gasteiger partial charge in [-0.2, -0.15) is 0 Å². The molecule has 4 heteroatoms. The number of anilines is 1. The maximum absolute atomic E-state index is 13.1. The van der Waals surface area contributed by atoms with Gasteiger partial charge in [-0.1, -0.05) is 54.1 Å². The SMILES string of the molecule is CCOc1ccc(N(Cc2ccccc2)C(=O)Cc2ccc(Cl)cc2)cc1. The summed E-state index contributed by atoms with van der Waals surface area (Å²) >= 11 is 5.95. The van der Waals surface area contributed by atoms with Crippen molar-refractivity contribution in [2.24, 2.45) is 0 Å². The second-order valence-electron chi connectivity index (χ2n) is 6.20. The van der Waals surface area contributed by atoms with E-state index in [9.17, 15) is 4.79 Å². The fraction of sp³-hybridized carbons (Fsp3) is 0.174. The first-order valence-electron chi connectivity index (χ1n) is 8.97. The molecule has 0 saturated carbocycles. The third kappa shape index (κ3) is 5.35. The maximum atomic E-state index is 13.1. The van der Waals surface area contributed by atoms with E-state index in [0.717, 1.165) is 22.6 Å². The van der Waals surface area contributed by atoms with Gasteiger partial charge in [0.05, 0.1) is 19.6 Å². The number of carbonyl (C=O) groups is 1. The molecule has 0 N–H and O–H groups in total. The molecule has 3 rings (SSSR count).